The first-order valence-electron chi connectivity index (χ1n) is 15.7. The molecule has 0 saturated carbocycles. The Morgan fingerprint density at radius 3 is 2.23 bits per heavy atom. The first kappa shape index (κ1) is 24.7. The minimum absolute atomic E-state index is 0.0396. The van der Waals surface area contributed by atoms with Crippen LogP contribution < -0.4 is 4.90 Å². The molecule has 0 saturated heterocycles. The highest BCUT2D eigenvalue weighted by Gasteiger charge is 2.39. The zero-order valence-corrected chi connectivity index (χ0v) is 24.8. The van der Waals surface area contributed by atoms with Gasteiger partial charge < -0.3 is 9.47 Å². The van der Waals surface area contributed by atoms with Crippen molar-refractivity contribution < 1.29 is 0 Å². The largest absolute Gasteiger partial charge is 0.316 e. The normalized spacial score (nSPS) is 17.9. The summed E-state index contributed by atoms with van der Waals surface area (Å²) in [6, 6.07) is 33.9. The molecule has 0 unspecified atom stereocenters. The highest BCUT2D eigenvalue weighted by atomic mass is 15.2. The molecule has 1 aromatic heterocycles. The van der Waals surface area contributed by atoms with Gasteiger partial charge in [0.25, 0.3) is 0 Å². The van der Waals surface area contributed by atoms with Gasteiger partial charge >= 0.3 is 0 Å². The van der Waals surface area contributed by atoms with Crippen LogP contribution in [0.15, 0.2) is 133 Å². The molecule has 0 bridgehead atoms. The van der Waals surface area contributed by atoms with Gasteiger partial charge in [-0.1, -0.05) is 92.7 Å². The lowest BCUT2D eigenvalue weighted by molar-refractivity contribution is 0.647. The molecule has 0 fully saturated rings. The molecule has 43 heavy (non-hydrogen) atoms. The second-order valence-corrected chi connectivity index (χ2v) is 12.8. The molecule has 9 rings (SSSR count). The summed E-state index contributed by atoms with van der Waals surface area (Å²) in [5, 5.41) is 1.27. The van der Waals surface area contributed by atoms with Crippen LogP contribution in [0.3, 0.4) is 0 Å². The van der Waals surface area contributed by atoms with E-state index >= 15 is 0 Å². The number of nitrogens with zero attached hydrogens (tertiary/aromatic N) is 2. The second kappa shape index (κ2) is 9.09. The van der Waals surface area contributed by atoms with Crippen molar-refractivity contribution >= 4 is 33.4 Å². The van der Waals surface area contributed by atoms with Crippen LogP contribution in [0.5, 0.6) is 0 Å². The Kier molecular flexibility index (Phi) is 5.23. The second-order valence-electron chi connectivity index (χ2n) is 12.8. The molecular formula is C41H34N2. The third-order valence-electron chi connectivity index (χ3n) is 10.1. The summed E-state index contributed by atoms with van der Waals surface area (Å²) in [5.41, 5.74) is 17.5. The SMILES string of the molecule is CC1(C)C2=C(CCC=C2)c2cccc(-n3ccc4c5c(ccc43)-c3ccccc3C3=C(C=CCC3)N5c3ccccc3)c21. The fourth-order valence-corrected chi connectivity index (χ4v) is 8.26. The molecule has 3 aliphatic carbocycles. The van der Waals surface area contributed by atoms with Crippen LogP contribution in [0.2, 0.25) is 0 Å². The lowest BCUT2D eigenvalue weighted by Crippen LogP contribution is -2.19. The predicted octanol–water partition coefficient (Wildman–Crippen LogP) is 10.9. The topological polar surface area (TPSA) is 8.17 Å². The van der Waals surface area contributed by atoms with Crippen LogP contribution in [0.4, 0.5) is 11.4 Å². The Labute approximate surface area is 253 Å². The molecule has 4 aromatic carbocycles. The Balaban J connectivity index is 1.34. The molecule has 0 atom stereocenters. The van der Waals surface area contributed by atoms with E-state index in [-0.39, 0.29) is 5.41 Å². The maximum absolute atomic E-state index is 2.53. The molecule has 0 N–H and O–H groups in total. The molecule has 208 valence electrons. The van der Waals surface area contributed by atoms with E-state index in [0.717, 1.165) is 25.7 Å². The highest BCUT2D eigenvalue weighted by molar-refractivity contribution is 6.09. The summed E-state index contributed by atoms with van der Waals surface area (Å²) in [6.07, 6.45) is 16.1. The van der Waals surface area contributed by atoms with Gasteiger partial charge in [0, 0.05) is 33.9 Å². The summed E-state index contributed by atoms with van der Waals surface area (Å²) >= 11 is 0. The van der Waals surface area contributed by atoms with Gasteiger partial charge in [-0.2, -0.15) is 0 Å². The monoisotopic (exact) mass is 554 g/mol. The fraction of sp³-hybridized carbons (Fsp3) is 0.171. The van der Waals surface area contributed by atoms with Crippen molar-refractivity contribution in [1.82, 2.24) is 4.57 Å². The third kappa shape index (κ3) is 3.41. The number of aromatic nitrogens is 1. The number of allylic oxidation sites excluding steroid dienone is 7. The van der Waals surface area contributed by atoms with E-state index < -0.39 is 0 Å². The first-order chi connectivity index (χ1) is 21.1. The number of fused-ring (bicyclic) bond motifs is 8. The molecule has 5 aromatic rings. The maximum atomic E-state index is 2.53. The van der Waals surface area contributed by atoms with Crippen molar-refractivity contribution in [2.75, 3.05) is 4.90 Å². The van der Waals surface area contributed by atoms with Gasteiger partial charge in [-0.25, -0.2) is 0 Å². The summed E-state index contributed by atoms with van der Waals surface area (Å²) < 4.78 is 2.45. The number of para-hydroxylation sites is 1. The number of rotatable bonds is 2. The van der Waals surface area contributed by atoms with E-state index in [2.05, 4.69) is 145 Å². The number of hydrogen-bond donors (Lipinski definition) is 0. The zero-order chi connectivity index (χ0) is 28.7. The van der Waals surface area contributed by atoms with Crippen LogP contribution in [0.1, 0.15) is 56.2 Å². The van der Waals surface area contributed by atoms with Crippen LogP contribution in [-0.4, -0.2) is 4.57 Å². The van der Waals surface area contributed by atoms with E-state index in [9.17, 15) is 0 Å². The zero-order valence-electron chi connectivity index (χ0n) is 24.8. The van der Waals surface area contributed by atoms with Gasteiger partial charge in [0.15, 0.2) is 0 Å². The Hall–Kier alpha value is -4.82. The molecular weight excluding hydrogens is 520 g/mol. The van der Waals surface area contributed by atoms with Gasteiger partial charge in [0.2, 0.25) is 0 Å². The van der Waals surface area contributed by atoms with Crippen molar-refractivity contribution in [3.05, 3.63) is 149 Å². The van der Waals surface area contributed by atoms with Gasteiger partial charge in [0.1, 0.15) is 0 Å². The van der Waals surface area contributed by atoms with Crippen molar-refractivity contribution in [1.29, 1.82) is 0 Å². The molecule has 0 amide bonds. The Morgan fingerprint density at radius 1 is 0.628 bits per heavy atom. The third-order valence-corrected chi connectivity index (χ3v) is 10.1. The Bertz CT molecular complexity index is 2090. The van der Waals surface area contributed by atoms with E-state index in [4.69, 9.17) is 0 Å². The lowest BCUT2D eigenvalue weighted by Gasteiger charge is -2.30. The van der Waals surface area contributed by atoms with E-state index in [1.54, 1.807) is 0 Å². The summed E-state index contributed by atoms with van der Waals surface area (Å²) in [6.45, 7) is 4.81. The fourth-order valence-electron chi connectivity index (χ4n) is 8.26. The van der Waals surface area contributed by atoms with Crippen LogP contribution >= 0.6 is 0 Å². The molecule has 2 nitrogen and oxygen atoms in total. The predicted molar refractivity (Wildman–Crippen MR) is 181 cm³/mol. The Morgan fingerprint density at radius 2 is 1.37 bits per heavy atom. The number of hydrogen-bond acceptors (Lipinski definition) is 1. The van der Waals surface area contributed by atoms with Gasteiger partial charge in [-0.3, -0.25) is 0 Å². The first-order valence-corrected chi connectivity index (χ1v) is 15.7. The molecule has 0 radical (unpaired) electrons. The van der Waals surface area contributed by atoms with Crippen molar-refractivity contribution in [2.45, 2.75) is 44.9 Å². The standard InChI is InChI=1S/C41H34N2/c1-41(2)35-20-10-8-17-30(35)32-19-12-22-38(39(32)41)42-26-25-34-36(42)24-23-33-29-16-7-6-15-28(29)31-18-9-11-21-37(31)43(40(33)34)27-13-4-3-5-14-27/h3-7,10-16,19-26H,8-9,17-18H2,1-2H3. The van der Waals surface area contributed by atoms with E-state index in [1.165, 1.54) is 78.2 Å². The average molecular weight is 555 g/mol. The molecule has 2 heteroatoms. The highest BCUT2D eigenvalue weighted by Crippen LogP contribution is 2.54. The van der Waals surface area contributed by atoms with Crippen LogP contribution in [0, 0.1) is 0 Å². The smallest absolute Gasteiger partial charge is 0.0634 e. The van der Waals surface area contributed by atoms with Crippen molar-refractivity contribution in [3.63, 3.8) is 0 Å². The average Bonchev–Trinajstić information content (AvgIpc) is 3.55. The van der Waals surface area contributed by atoms with Crippen molar-refractivity contribution in [2.24, 2.45) is 0 Å². The van der Waals surface area contributed by atoms with Gasteiger partial charge in [-0.15, -0.1) is 0 Å². The minimum Gasteiger partial charge on any atom is -0.316 e. The molecule has 2 heterocycles. The summed E-state index contributed by atoms with van der Waals surface area (Å²) in [7, 11) is 0. The summed E-state index contributed by atoms with van der Waals surface area (Å²) in [5.74, 6) is 0. The number of anilines is 2. The van der Waals surface area contributed by atoms with Crippen LogP contribution in [0.25, 0.3) is 38.9 Å². The van der Waals surface area contributed by atoms with Gasteiger partial charge in [-0.05, 0) is 101 Å². The van der Waals surface area contributed by atoms with Crippen molar-refractivity contribution in [3.8, 4) is 16.8 Å². The lowest BCUT2D eigenvalue weighted by atomic mass is 9.79. The summed E-state index contributed by atoms with van der Waals surface area (Å²) in [4.78, 5) is 2.53. The number of benzene rings is 4. The molecule has 4 aliphatic rings. The maximum Gasteiger partial charge on any atom is 0.0634 e. The van der Waals surface area contributed by atoms with E-state index in [0.29, 0.717) is 0 Å². The van der Waals surface area contributed by atoms with E-state index in [1.807, 2.05) is 0 Å². The quantitative estimate of drug-likeness (QED) is 0.211. The molecule has 1 aliphatic heterocycles. The minimum atomic E-state index is -0.0396. The van der Waals surface area contributed by atoms with Gasteiger partial charge in [0.05, 0.1) is 16.9 Å². The molecule has 0 spiro atoms. The van der Waals surface area contributed by atoms with Crippen LogP contribution in [-0.2, 0) is 5.41 Å².